The Morgan fingerprint density at radius 3 is 2.50 bits per heavy atom. The summed E-state index contributed by atoms with van der Waals surface area (Å²) in [6.45, 7) is 15.5. The average Bonchev–Trinajstić information content (AvgIpc) is 2.84. The lowest BCUT2D eigenvalue weighted by molar-refractivity contribution is -0.155. The summed E-state index contributed by atoms with van der Waals surface area (Å²) in [6.07, 6.45) is 7.44. The van der Waals surface area contributed by atoms with Gasteiger partial charge in [0, 0.05) is 19.6 Å². The summed E-state index contributed by atoms with van der Waals surface area (Å²) in [7, 11) is -0.200. The van der Waals surface area contributed by atoms with Gasteiger partial charge in [0.15, 0.2) is 20.4 Å². The van der Waals surface area contributed by atoms with Crippen LogP contribution in [0.25, 0.3) is 0 Å². The topological polar surface area (TPSA) is 63.2 Å². The lowest BCUT2D eigenvalue weighted by atomic mass is 10.0. The molecule has 1 aliphatic rings. The summed E-state index contributed by atoms with van der Waals surface area (Å²) < 4.78 is 29.1. The van der Waals surface area contributed by atoms with Crippen molar-refractivity contribution in [1.29, 1.82) is 0 Å². The maximum absolute atomic E-state index is 13.2. The minimum atomic E-state index is -1.85. The first-order valence-electron chi connectivity index (χ1n) is 13.3. The fourth-order valence-electron chi connectivity index (χ4n) is 3.61. The number of ether oxygens (including phenoxy) is 4. The molecule has 1 heterocycles. The number of benzene rings is 1. The molecule has 1 aliphatic heterocycles. The highest BCUT2D eigenvalue weighted by atomic mass is 28.4. The van der Waals surface area contributed by atoms with E-state index in [9.17, 15) is 4.79 Å². The summed E-state index contributed by atoms with van der Waals surface area (Å²) in [4.78, 5) is 13.2. The summed E-state index contributed by atoms with van der Waals surface area (Å²) in [5.74, 6) is 1.04. The Kier molecular flexibility index (Phi) is 12.8. The molecule has 1 aromatic rings. The van der Waals surface area contributed by atoms with Crippen molar-refractivity contribution >= 4 is 14.1 Å². The van der Waals surface area contributed by atoms with Gasteiger partial charge in [-0.15, -0.1) is 0 Å². The standard InChI is InChI=1S/C29H48O6Si/c1-23(21-35-36(6,7)29(2,3)4)20-26(30)27(34-22-24-14-16-25(31-5)17-15-24)12-8-10-18-32-28-13-9-11-19-33-28/h8,10,14-17,23,27-28H,9,11-13,18-22H2,1-7H3/b10-8+/t23-,27+,28?/m1/s1. The van der Waals surface area contributed by atoms with Gasteiger partial charge in [0.1, 0.15) is 11.9 Å². The molecule has 0 saturated carbocycles. The third kappa shape index (κ3) is 10.8. The van der Waals surface area contributed by atoms with Crippen LogP contribution in [0.4, 0.5) is 0 Å². The minimum Gasteiger partial charge on any atom is -0.497 e. The summed E-state index contributed by atoms with van der Waals surface area (Å²) in [5, 5.41) is 0.149. The van der Waals surface area contributed by atoms with Crippen molar-refractivity contribution in [2.75, 3.05) is 26.9 Å². The monoisotopic (exact) mass is 520 g/mol. The molecule has 1 fully saturated rings. The van der Waals surface area contributed by atoms with Crippen LogP contribution in [-0.4, -0.2) is 53.4 Å². The van der Waals surface area contributed by atoms with Crippen LogP contribution in [0.5, 0.6) is 5.75 Å². The average molecular weight is 521 g/mol. The molecule has 0 radical (unpaired) electrons. The number of ketones is 1. The first kappa shape index (κ1) is 30.7. The van der Waals surface area contributed by atoms with Crippen molar-refractivity contribution in [3.63, 3.8) is 0 Å². The molecular weight excluding hydrogens is 472 g/mol. The molecule has 36 heavy (non-hydrogen) atoms. The van der Waals surface area contributed by atoms with Gasteiger partial charge in [0.2, 0.25) is 0 Å². The Hall–Kier alpha value is -1.51. The summed E-state index contributed by atoms with van der Waals surface area (Å²) >= 11 is 0. The van der Waals surface area contributed by atoms with Gasteiger partial charge in [-0.1, -0.05) is 52.0 Å². The highest BCUT2D eigenvalue weighted by Gasteiger charge is 2.37. The maximum atomic E-state index is 13.2. The molecular formula is C29H48O6Si. The van der Waals surface area contributed by atoms with E-state index in [1.807, 2.05) is 36.4 Å². The number of rotatable bonds is 15. The molecule has 1 saturated heterocycles. The number of carbonyl (C=O) groups is 1. The van der Waals surface area contributed by atoms with E-state index in [2.05, 4.69) is 40.8 Å². The number of Topliss-reactive ketones (excluding diaryl/α,β-unsaturated/α-hetero) is 1. The van der Waals surface area contributed by atoms with Crippen LogP contribution < -0.4 is 4.74 Å². The molecule has 7 heteroatoms. The van der Waals surface area contributed by atoms with E-state index in [0.717, 1.165) is 37.2 Å². The second-order valence-corrected chi connectivity index (χ2v) is 16.1. The Morgan fingerprint density at radius 1 is 1.17 bits per heavy atom. The zero-order chi connectivity index (χ0) is 26.6. The number of hydrogen-bond acceptors (Lipinski definition) is 6. The van der Waals surface area contributed by atoms with Gasteiger partial charge in [-0.3, -0.25) is 4.79 Å². The smallest absolute Gasteiger partial charge is 0.191 e. The van der Waals surface area contributed by atoms with Crippen molar-refractivity contribution < 1.29 is 28.2 Å². The van der Waals surface area contributed by atoms with Gasteiger partial charge in [-0.05, 0) is 67.4 Å². The molecule has 0 aromatic heterocycles. The fraction of sp³-hybridized carbons (Fsp3) is 0.690. The third-order valence-electron chi connectivity index (χ3n) is 7.09. The van der Waals surface area contributed by atoms with E-state index in [0.29, 0.717) is 32.7 Å². The fourth-order valence-corrected chi connectivity index (χ4v) is 4.74. The molecule has 3 atom stereocenters. The second kappa shape index (κ2) is 15.0. The number of carbonyl (C=O) groups excluding carboxylic acids is 1. The minimum absolute atomic E-state index is 0.107. The largest absolute Gasteiger partial charge is 0.497 e. The molecule has 2 rings (SSSR count). The zero-order valence-electron chi connectivity index (χ0n) is 23.5. The van der Waals surface area contributed by atoms with Crippen molar-refractivity contribution in [1.82, 2.24) is 0 Å². The molecule has 1 unspecified atom stereocenters. The maximum Gasteiger partial charge on any atom is 0.191 e. The Morgan fingerprint density at radius 2 is 1.89 bits per heavy atom. The van der Waals surface area contributed by atoms with Crippen LogP contribution in [-0.2, 0) is 30.0 Å². The lowest BCUT2D eigenvalue weighted by Gasteiger charge is -2.37. The molecule has 0 amide bonds. The Balaban J connectivity index is 1.91. The van der Waals surface area contributed by atoms with Crippen LogP contribution in [0, 0.1) is 5.92 Å². The number of methoxy groups -OCH3 is 1. The van der Waals surface area contributed by atoms with E-state index in [-0.39, 0.29) is 23.0 Å². The number of hydrogen-bond donors (Lipinski definition) is 0. The predicted molar refractivity (Wildman–Crippen MR) is 147 cm³/mol. The third-order valence-corrected chi connectivity index (χ3v) is 11.6. The van der Waals surface area contributed by atoms with E-state index in [4.69, 9.17) is 23.4 Å². The molecule has 204 valence electrons. The van der Waals surface area contributed by atoms with Gasteiger partial charge in [-0.25, -0.2) is 0 Å². The molecule has 0 spiro atoms. The molecule has 0 aliphatic carbocycles. The quantitative estimate of drug-likeness (QED) is 0.190. The SMILES string of the molecule is COc1ccc(CO[C@@H](C/C=C/COC2CCCCO2)C(=O)C[C@@H](C)CO[Si](C)(C)C(C)(C)C)cc1. The molecule has 0 bridgehead atoms. The molecule has 0 N–H and O–H groups in total. The van der Waals surface area contributed by atoms with Crippen LogP contribution >= 0.6 is 0 Å². The van der Waals surface area contributed by atoms with Crippen LogP contribution in [0.1, 0.15) is 65.4 Å². The highest BCUT2D eigenvalue weighted by Crippen LogP contribution is 2.36. The van der Waals surface area contributed by atoms with Crippen molar-refractivity contribution in [2.45, 2.75) is 96.9 Å². The highest BCUT2D eigenvalue weighted by molar-refractivity contribution is 6.74. The van der Waals surface area contributed by atoms with E-state index in [1.54, 1.807) is 7.11 Å². The Labute approximate surface area is 219 Å². The predicted octanol–water partition coefficient (Wildman–Crippen LogP) is 6.69. The van der Waals surface area contributed by atoms with Gasteiger partial charge in [-0.2, -0.15) is 0 Å². The van der Waals surface area contributed by atoms with Gasteiger partial charge in [0.25, 0.3) is 0 Å². The van der Waals surface area contributed by atoms with Crippen LogP contribution in [0.15, 0.2) is 36.4 Å². The first-order chi connectivity index (χ1) is 17.0. The van der Waals surface area contributed by atoms with E-state index in [1.165, 1.54) is 0 Å². The van der Waals surface area contributed by atoms with E-state index >= 15 is 0 Å². The van der Waals surface area contributed by atoms with Crippen LogP contribution in [0.2, 0.25) is 18.1 Å². The zero-order valence-corrected chi connectivity index (χ0v) is 24.5. The van der Waals surface area contributed by atoms with Crippen molar-refractivity contribution in [2.24, 2.45) is 5.92 Å². The van der Waals surface area contributed by atoms with Crippen molar-refractivity contribution in [3.8, 4) is 5.75 Å². The van der Waals surface area contributed by atoms with Gasteiger partial charge < -0.3 is 23.4 Å². The van der Waals surface area contributed by atoms with Crippen LogP contribution in [0.3, 0.4) is 0 Å². The summed E-state index contributed by atoms with van der Waals surface area (Å²) in [5.41, 5.74) is 1.00. The molecule has 6 nitrogen and oxygen atoms in total. The van der Waals surface area contributed by atoms with Gasteiger partial charge in [0.05, 0.1) is 20.3 Å². The van der Waals surface area contributed by atoms with Gasteiger partial charge >= 0.3 is 0 Å². The van der Waals surface area contributed by atoms with Crippen molar-refractivity contribution in [3.05, 3.63) is 42.0 Å². The normalized spacial score (nSPS) is 18.8. The summed E-state index contributed by atoms with van der Waals surface area (Å²) in [6, 6.07) is 7.73. The second-order valence-electron chi connectivity index (χ2n) is 11.3. The molecule has 1 aromatic carbocycles. The lowest BCUT2D eigenvalue weighted by Crippen LogP contribution is -2.42. The first-order valence-corrected chi connectivity index (χ1v) is 16.2. The Bertz CT molecular complexity index is 793. The van der Waals surface area contributed by atoms with E-state index < -0.39 is 14.4 Å².